The molecule has 0 bridgehead atoms. The van der Waals surface area contributed by atoms with E-state index in [0.29, 0.717) is 29.9 Å². The number of halogens is 1. The largest absolute Gasteiger partial charge is 0.376 e. The Morgan fingerprint density at radius 1 is 1.48 bits per heavy atom. The van der Waals surface area contributed by atoms with Crippen LogP contribution in [0.3, 0.4) is 0 Å². The van der Waals surface area contributed by atoms with Crippen molar-refractivity contribution in [1.29, 1.82) is 0 Å². The van der Waals surface area contributed by atoms with Gasteiger partial charge in [0.1, 0.15) is 11.5 Å². The molecule has 1 atom stereocenters. The molecule has 1 aliphatic rings. The van der Waals surface area contributed by atoms with Crippen LogP contribution in [0.15, 0.2) is 23.0 Å². The lowest BCUT2D eigenvalue weighted by atomic mass is 10.2. The summed E-state index contributed by atoms with van der Waals surface area (Å²) < 4.78 is 20.4. The van der Waals surface area contributed by atoms with Gasteiger partial charge in [0.25, 0.3) is 5.56 Å². The van der Waals surface area contributed by atoms with Crippen LogP contribution in [0.2, 0.25) is 0 Å². The lowest BCUT2D eigenvalue weighted by Gasteiger charge is -2.30. The van der Waals surface area contributed by atoms with Crippen molar-refractivity contribution < 1.29 is 9.13 Å². The van der Waals surface area contributed by atoms with Crippen LogP contribution in [0.1, 0.15) is 12.6 Å². The van der Waals surface area contributed by atoms with Crippen molar-refractivity contribution in [2.24, 2.45) is 7.05 Å². The van der Waals surface area contributed by atoms with Crippen LogP contribution in [0.25, 0.3) is 11.0 Å². The number of nitrogens with zero attached hydrogens (tertiary/aromatic N) is 3. The van der Waals surface area contributed by atoms with E-state index in [0.717, 1.165) is 13.1 Å². The Balaban J connectivity index is 1.98. The van der Waals surface area contributed by atoms with Crippen LogP contribution in [0.4, 0.5) is 4.39 Å². The number of ether oxygens (including phenoxy) is 1. The number of aryl methyl sites for hydroxylation is 1. The molecule has 1 fully saturated rings. The average molecular weight is 291 g/mol. The summed E-state index contributed by atoms with van der Waals surface area (Å²) >= 11 is 0. The van der Waals surface area contributed by atoms with Crippen LogP contribution in [-0.4, -0.2) is 40.3 Å². The topological polar surface area (TPSA) is 47.4 Å². The van der Waals surface area contributed by atoms with E-state index in [4.69, 9.17) is 4.74 Å². The number of hydrogen-bond acceptors (Lipinski definition) is 4. The third kappa shape index (κ3) is 2.82. The van der Waals surface area contributed by atoms with Gasteiger partial charge < -0.3 is 9.30 Å². The van der Waals surface area contributed by atoms with Crippen molar-refractivity contribution >= 4 is 11.0 Å². The molecule has 2 heterocycles. The molecule has 0 N–H and O–H groups in total. The highest BCUT2D eigenvalue weighted by molar-refractivity contribution is 5.74. The fraction of sp³-hybridized carbons (Fsp3) is 0.467. The minimum Gasteiger partial charge on any atom is -0.376 e. The molecule has 0 aliphatic carbocycles. The Morgan fingerprint density at radius 3 is 3.05 bits per heavy atom. The molecule has 2 aromatic rings. The van der Waals surface area contributed by atoms with E-state index in [1.807, 2.05) is 6.92 Å². The summed E-state index contributed by atoms with van der Waals surface area (Å²) in [4.78, 5) is 18.9. The van der Waals surface area contributed by atoms with E-state index in [2.05, 4.69) is 9.88 Å². The van der Waals surface area contributed by atoms with Gasteiger partial charge >= 0.3 is 0 Å². The van der Waals surface area contributed by atoms with Crippen LogP contribution >= 0.6 is 0 Å². The lowest BCUT2D eigenvalue weighted by molar-refractivity contribution is -0.0217. The molecule has 1 unspecified atom stereocenters. The van der Waals surface area contributed by atoms with Crippen molar-refractivity contribution in [3.8, 4) is 0 Å². The van der Waals surface area contributed by atoms with Crippen LogP contribution in [0.5, 0.6) is 0 Å². The molecule has 0 saturated carbocycles. The van der Waals surface area contributed by atoms with Crippen molar-refractivity contribution in [2.45, 2.75) is 19.6 Å². The van der Waals surface area contributed by atoms with Gasteiger partial charge in [0.05, 0.1) is 23.7 Å². The molecule has 3 rings (SSSR count). The van der Waals surface area contributed by atoms with Gasteiger partial charge in [0.2, 0.25) is 0 Å². The molecule has 21 heavy (non-hydrogen) atoms. The zero-order chi connectivity index (χ0) is 15.0. The van der Waals surface area contributed by atoms with E-state index in [-0.39, 0.29) is 17.5 Å². The first-order valence-corrected chi connectivity index (χ1v) is 7.03. The third-order valence-electron chi connectivity index (χ3n) is 3.80. The molecule has 0 radical (unpaired) electrons. The summed E-state index contributed by atoms with van der Waals surface area (Å²) in [7, 11) is 1.69. The maximum atomic E-state index is 13.4. The third-order valence-corrected chi connectivity index (χ3v) is 3.80. The Labute approximate surface area is 122 Å². The van der Waals surface area contributed by atoms with Crippen molar-refractivity contribution in [3.63, 3.8) is 0 Å². The fourth-order valence-electron chi connectivity index (χ4n) is 2.71. The Bertz CT molecular complexity index is 729. The quantitative estimate of drug-likeness (QED) is 0.836. The van der Waals surface area contributed by atoms with Crippen LogP contribution in [0, 0.1) is 5.82 Å². The highest BCUT2D eigenvalue weighted by Crippen LogP contribution is 2.13. The first-order chi connectivity index (χ1) is 10.0. The van der Waals surface area contributed by atoms with E-state index >= 15 is 0 Å². The summed E-state index contributed by atoms with van der Waals surface area (Å²) in [6, 6.07) is 4.28. The molecule has 1 aliphatic heterocycles. The van der Waals surface area contributed by atoms with E-state index in [1.165, 1.54) is 16.7 Å². The molecular formula is C15H18FN3O2. The molecule has 0 amide bonds. The number of aromatic nitrogens is 2. The second-order valence-electron chi connectivity index (χ2n) is 5.47. The Morgan fingerprint density at radius 2 is 2.29 bits per heavy atom. The van der Waals surface area contributed by atoms with Gasteiger partial charge in [0.15, 0.2) is 0 Å². The van der Waals surface area contributed by atoms with E-state index in [9.17, 15) is 9.18 Å². The van der Waals surface area contributed by atoms with Crippen LogP contribution < -0.4 is 5.56 Å². The highest BCUT2D eigenvalue weighted by Gasteiger charge is 2.19. The van der Waals surface area contributed by atoms with Crippen LogP contribution in [-0.2, 0) is 18.3 Å². The summed E-state index contributed by atoms with van der Waals surface area (Å²) in [6.07, 6.45) is 0.153. The van der Waals surface area contributed by atoms with E-state index in [1.54, 1.807) is 13.1 Å². The summed E-state index contributed by atoms with van der Waals surface area (Å²) in [5.74, 6) is -0.348. The van der Waals surface area contributed by atoms with Gasteiger partial charge in [-0.25, -0.2) is 9.37 Å². The predicted molar refractivity (Wildman–Crippen MR) is 77.6 cm³/mol. The molecule has 5 nitrogen and oxygen atoms in total. The van der Waals surface area contributed by atoms with Gasteiger partial charge in [-0.15, -0.1) is 0 Å². The van der Waals surface area contributed by atoms with Gasteiger partial charge in [-0.3, -0.25) is 9.69 Å². The van der Waals surface area contributed by atoms with Gasteiger partial charge in [-0.1, -0.05) is 0 Å². The van der Waals surface area contributed by atoms with Gasteiger partial charge in [0, 0.05) is 32.7 Å². The zero-order valence-corrected chi connectivity index (χ0v) is 12.2. The normalized spacial score (nSPS) is 20.0. The predicted octanol–water partition coefficient (Wildman–Crippen LogP) is 1.29. The zero-order valence-electron chi connectivity index (χ0n) is 12.2. The summed E-state index contributed by atoms with van der Waals surface area (Å²) in [5, 5.41) is 0. The van der Waals surface area contributed by atoms with Gasteiger partial charge in [-0.05, 0) is 19.1 Å². The maximum Gasteiger partial charge on any atom is 0.273 e. The van der Waals surface area contributed by atoms with Gasteiger partial charge in [-0.2, -0.15) is 0 Å². The lowest BCUT2D eigenvalue weighted by Crippen LogP contribution is -2.42. The molecule has 0 spiro atoms. The minimum atomic E-state index is -0.348. The number of hydrogen-bond donors (Lipinski definition) is 0. The molecule has 1 aromatic carbocycles. The van der Waals surface area contributed by atoms with Crippen molar-refractivity contribution in [1.82, 2.24) is 14.5 Å². The second-order valence-corrected chi connectivity index (χ2v) is 5.47. The fourth-order valence-corrected chi connectivity index (χ4v) is 2.71. The SMILES string of the molecule is CC1CN(Cc2nc3cc(F)ccc3n(C)c2=O)CCO1. The number of rotatable bonds is 2. The first kappa shape index (κ1) is 14.2. The monoisotopic (exact) mass is 291 g/mol. The van der Waals surface area contributed by atoms with Crippen molar-refractivity contribution in [2.75, 3.05) is 19.7 Å². The average Bonchev–Trinajstić information content (AvgIpc) is 2.44. The number of benzene rings is 1. The first-order valence-electron chi connectivity index (χ1n) is 7.03. The summed E-state index contributed by atoms with van der Waals surface area (Å²) in [5.41, 5.74) is 1.46. The Kier molecular flexibility index (Phi) is 3.73. The maximum absolute atomic E-state index is 13.4. The number of fused-ring (bicyclic) bond motifs is 1. The second kappa shape index (κ2) is 5.54. The summed E-state index contributed by atoms with van der Waals surface area (Å²) in [6.45, 7) is 4.67. The highest BCUT2D eigenvalue weighted by atomic mass is 19.1. The minimum absolute atomic E-state index is 0.131. The molecule has 1 aromatic heterocycles. The number of morpholine rings is 1. The van der Waals surface area contributed by atoms with E-state index < -0.39 is 0 Å². The standard InChI is InChI=1S/C15H18FN3O2/c1-10-8-19(5-6-21-10)9-13-15(20)18(2)14-4-3-11(16)7-12(14)17-13/h3-4,7,10H,5-6,8-9H2,1-2H3. The molecule has 112 valence electrons. The smallest absolute Gasteiger partial charge is 0.273 e. The molecule has 6 heteroatoms. The Hall–Kier alpha value is -1.79. The van der Waals surface area contributed by atoms with Crippen molar-refractivity contribution in [3.05, 3.63) is 40.1 Å². The molecule has 1 saturated heterocycles. The molecular weight excluding hydrogens is 273 g/mol.